The zero-order valence-electron chi connectivity index (χ0n) is 16.9. The number of rotatable bonds is 7. The van der Waals surface area contributed by atoms with Gasteiger partial charge in [-0.25, -0.2) is 4.98 Å². The SMILES string of the molecule is COc1cc(OC)c(Cl)c(-c2cc3cnc(N)nc3n(CCOC3CNC3)c2=O)c1Cl. The van der Waals surface area contributed by atoms with Crippen molar-refractivity contribution in [1.82, 2.24) is 19.9 Å². The van der Waals surface area contributed by atoms with Crippen LogP contribution in [0, 0.1) is 0 Å². The maximum Gasteiger partial charge on any atom is 0.260 e. The quantitative estimate of drug-likeness (QED) is 0.546. The Labute approximate surface area is 188 Å². The van der Waals surface area contributed by atoms with Crippen LogP contribution in [0.2, 0.25) is 10.0 Å². The number of nitrogens with two attached hydrogens (primary N) is 1. The molecule has 3 heterocycles. The Kier molecular flexibility index (Phi) is 6.19. The molecule has 3 aromatic rings. The molecule has 0 atom stereocenters. The zero-order valence-corrected chi connectivity index (χ0v) is 18.5. The number of benzene rings is 1. The average Bonchev–Trinajstić information content (AvgIpc) is 2.72. The first-order valence-electron chi connectivity index (χ1n) is 9.53. The highest BCUT2D eigenvalue weighted by Crippen LogP contribution is 2.45. The number of methoxy groups -OCH3 is 2. The Morgan fingerprint density at radius 2 is 1.87 bits per heavy atom. The van der Waals surface area contributed by atoms with Crippen molar-refractivity contribution in [3.63, 3.8) is 0 Å². The summed E-state index contributed by atoms with van der Waals surface area (Å²) >= 11 is 13.1. The van der Waals surface area contributed by atoms with Gasteiger partial charge in [0.2, 0.25) is 5.95 Å². The molecule has 1 aliphatic heterocycles. The number of hydrogen-bond acceptors (Lipinski definition) is 8. The Morgan fingerprint density at radius 3 is 2.45 bits per heavy atom. The molecule has 0 bridgehead atoms. The lowest BCUT2D eigenvalue weighted by Gasteiger charge is -2.27. The average molecular weight is 466 g/mol. The summed E-state index contributed by atoms with van der Waals surface area (Å²) in [5.74, 6) is 0.730. The van der Waals surface area contributed by atoms with E-state index in [9.17, 15) is 4.79 Å². The van der Waals surface area contributed by atoms with Crippen LogP contribution < -0.4 is 26.1 Å². The number of pyridine rings is 1. The lowest BCUT2D eigenvalue weighted by atomic mass is 10.0. The summed E-state index contributed by atoms with van der Waals surface area (Å²) in [5, 5.41) is 4.14. The number of nitrogens with one attached hydrogen (secondary N) is 1. The molecule has 4 rings (SSSR count). The maximum absolute atomic E-state index is 13.6. The summed E-state index contributed by atoms with van der Waals surface area (Å²) in [5.41, 5.74) is 6.39. The monoisotopic (exact) mass is 465 g/mol. The van der Waals surface area contributed by atoms with Crippen LogP contribution in [0.3, 0.4) is 0 Å². The van der Waals surface area contributed by atoms with Gasteiger partial charge < -0.3 is 25.3 Å². The van der Waals surface area contributed by atoms with Gasteiger partial charge in [-0.2, -0.15) is 4.98 Å². The number of fused-ring (bicyclic) bond motifs is 1. The molecule has 1 aromatic carbocycles. The minimum atomic E-state index is -0.347. The van der Waals surface area contributed by atoms with Crippen molar-refractivity contribution in [3.8, 4) is 22.6 Å². The van der Waals surface area contributed by atoms with Gasteiger partial charge in [-0.3, -0.25) is 9.36 Å². The third-order valence-electron chi connectivity index (χ3n) is 5.10. The molecule has 1 saturated heterocycles. The highest BCUT2D eigenvalue weighted by Gasteiger charge is 2.23. The Hall–Kier alpha value is -2.59. The van der Waals surface area contributed by atoms with E-state index < -0.39 is 0 Å². The van der Waals surface area contributed by atoms with Gasteiger partial charge in [0.05, 0.1) is 49.1 Å². The first kappa shape index (κ1) is 21.6. The molecular formula is C20H21Cl2N5O4. The van der Waals surface area contributed by atoms with E-state index >= 15 is 0 Å². The number of ether oxygens (including phenoxy) is 3. The van der Waals surface area contributed by atoms with E-state index in [1.165, 1.54) is 18.8 Å². The lowest BCUT2D eigenvalue weighted by molar-refractivity contribution is 0.0149. The number of nitrogens with zero attached hydrogens (tertiary/aromatic N) is 3. The van der Waals surface area contributed by atoms with Gasteiger partial charge >= 0.3 is 0 Å². The van der Waals surface area contributed by atoms with Crippen molar-refractivity contribution in [2.24, 2.45) is 0 Å². The minimum absolute atomic E-state index is 0.0663. The lowest BCUT2D eigenvalue weighted by Crippen LogP contribution is -2.48. The van der Waals surface area contributed by atoms with Crippen LogP contribution in [0.1, 0.15) is 0 Å². The van der Waals surface area contributed by atoms with E-state index in [-0.39, 0.29) is 39.8 Å². The van der Waals surface area contributed by atoms with Crippen LogP contribution in [-0.4, -0.2) is 54.6 Å². The second-order valence-corrected chi connectivity index (χ2v) is 7.71. The van der Waals surface area contributed by atoms with E-state index in [4.69, 9.17) is 43.1 Å². The fraction of sp³-hybridized carbons (Fsp3) is 0.350. The molecule has 0 amide bonds. The van der Waals surface area contributed by atoms with Gasteiger partial charge in [0.25, 0.3) is 5.56 Å². The van der Waals surface area contributed by atoms with Gasteiger partial charge in [0.15, 0.2) is 0 Å². The van der Waals surface area contributed by atoms with Crippen molar-refractivity contribution < 1.29 is 14.2 Å². The van der Waals surface area contributed by atoms with E-state index in [0.29, 0.717) is 34.7 Å². The highest BCUT2D eigenvalue weighted by atomic mass is 35.5. The fourth-order valence-electron chi connectivity index (χ4n) is 3.37. The predicted molar refractivity (Wildman–Crippen MR) is 119 cm³/mol. The standard InChI is InChI=1S/C20H21Cl2N5O4/c1-29-13-6-14(30-2)17(22)15(16(13)21)12-5-10-7-25-20(23)26-18(10)27(19(12)28)3-4-31-11-8-24-9-11/h5-7,11,24H,3-4,8-9H2,1-2H3,(H2,23,25,26). The van der Waals surface area contributed by atoms with Gasteiger partial charge in [-0.05, 0) is 6.07 Å². The third kappa shape index (κ3) is 4.01. The zero-order chi connectivity index (χ0) is 22.1. The molecule has 1 aliphatic rings. The smallest absolute Gasteiger partial charge is 0.260 e. The molecule has 0 aliphatic carbocycles. The predicted octanol–water partition coefficient (Wildman–Crippen LogP) is 2.35. The summed E-state index contributed by atoms with van der Waals surface area (Å²) in [6.07, 6.45) is 1.68. The fourth-order valence-corrected chi connectivity index (χ4v) is 4.08. The molecule has 31 heavy (non-hydrogen) atoms. The second-order valence-electron chi connectivity index (χ2n) is 6.96. The molecule has 0 spiro atoms. The van der Waals surface area contributed by atoms with Crippen LogP contribution in [0.25, 0.3) is 22.2 Å². The van der Waals surface area contributed by atoms with Crippen LogP contribution in [0.4, 0.5) is 5.95 Å². The van der Waals surface area contributed by atoms with Gasteiger partial charge in [0.1, 0.15) is 17.1 Å². The number of aromatic nitrogens is 3. The van der Waals surface area contributed by atoms with Crippen LogP contribution >= 0.6 is 23.2 Å². The summed E-state index contributed by atoms with van der Waals surface area (Å²) in [6.45, 7) is 2.18. The topological polar surface area (TPSA) is 114 Å². The van der Waals surface area contributed by atoms with Crippen LogP contribution in [0.15, 0.2) is 23.1 Å². The molecule has 1 fully saturated rings. The summed E-state index contributed by atoms with van der Waals surface area (Å²) in [6, 6.07) is 3.20. The summed E-state index contributed by atoms with van der Waals surface area (Å²) in [7, 11) is 2.94. The van der Waals surface area contributed by atoms with Gasteiger partial charge in [0, 0.05) is 36.3 Å². The number of nitrogen functional groups attached to an aromatic ring is 1. The first-order chi connectivity index (χ1) is 14.9. The maximum atomic E-state index is 13.6. The van der Waals surface area contributed by atoms with Crippen LogP contribution in [0.5, 0.6) is 11.5 Å². The largest absolute Gasteiger partial charge is 0.495 e. The highest BCUT2D eigenvalue weighted by molar-refractivity contribution is 6.41. The Balaban J connectivity index is 1.90. The van der Waals surface area contributed by atoms with Gasteiger partial charge in [-0.1, -0.05) is 23.2 Å². The van der Waals surface area contributed by atoms with Gasteiger partial charge in [-0.15, -0.1) is 0 Å². The van der Waals surface area contributed by atoms with E-state index in [1.54, 1.807) is 18.3 Å². The summed E-state index contributed by atoms with van der Waals surface area (Å²) in [4.78, 5) is 21.9. The molecule has 2 aromatic heterocycles. The molecular weight excluding hydrogens is 445 g/mol. The minimum Gasteiger partial charge on any atom is -0.495 e. The Morgan fingerprint density at radius 1 is 1.19 bits per heavy atom. The second kappa shape index (κ2) is 8.88. The number of hydrogen-bond donors (Lipinski definition) is 2. The first-order valence-corrected chi connectivity index (χ1v) is 10.3. The molecule has 0 radical (unpaired) electrons. The van der Waals surface area contributed by atoms with Crippen molar-refractivity contribution in [2.45, 2.75) is 12.6 Å². The third-order valence-corrected chi connectivity index (χ3v) is 5.85. The Bertz CT molecular complexity index is 1170. The van der Waals surface area contributed by atoms with Crippen molar-refractivity contribution in [1.29, 1.82) is 0 Å². The molecule has 3 N–H and O–H groups in total. The van der Waals surface area contributed by atoms with Crippen molar-refractivity contribution in [3.05, 3.63) is 38.7 Å². The van der Waals surface area contributed by atoms with E-state index in [2.05, 4.69) is 15.3 Å². The van der Waals surface area contributed by atoms with Crippen LogP contribution in [-0.2, 0) is 11.3 Å². The molecule has 164 valence electrons. The van der Waals surface area contributed by atoms with Crippen molar-refractivity contribution in [2.75, 3.05) is 39.6 Å². The van der Waals surface area contributed by atoms with E-state index in [1.807, 2.05) is 0 Å². The number of halogens is 2. The van der Waals surface area contributed by atoms with Crippen molar-refractivity contribution >= 4 is 40.2 Å². The molecule has 9 nitrogen and oxygen atoms in total. The summed E-state index contributed by atoms with van der Waals surface area (Å²) < 4.78 is 18.0. The molecule has 11 heteroatoms. The van der Waals surface area contributed by atoms with E-state index in [0.717, 1.165) is 13.1 Å². The molecule has 0 unspecified atom stereocenters. The molecule has 0 saturated carbocycles. The number of anilines is 1. The normalized spacial score (nSPS) is 13.9.